The van der Waals surface area contributed by atoms with Crippen LogP contribution in [-0.2, 0) is 9.59 Å². The summed E-state index contributed by atoms with van der Waals surface area (Å²) in [5, 5.41) is 0.947. The second kappa shape index (κ2) is 5.29. The van der Waals surface area contributed by atoms with Crippen LogP contribution in [0, 0.1) is 0 Å². The van der Waals surface area contributed by atoms with Gasteiger partial charge in [0.15, 0.2) is 0 Å². The van der Waals surface area contributed by atoms with E-state index in [-0.39, 0.29) is 11.8 Å². The molecular formula is C13H13Cl2NO2. The van der Waals surface area contributed by atoms with Gasteiger partial charge in [0.1, 0.15) is 0 Å². The smallest absolute Gasteiger partial charge is 0.229 e. The zero-order valence-electron chi connectivity index (χ0n) is 9.95. The van der Waals surface area contributed by atoms with Crippen LogP contribution in [0.3, 0.4) is 0 Å². The first-order valence-electron chi connectivity index (χ1n) is 5.81. The van der Waals surface area contributed by atoms with E-state index in [1.54, 1.807) is 25.1 Å². The lowest BCUT2D eigenvalue weighted by Gasteiger charge is -2.31. The third-order valence-electron chi connectivity index (χ3n) is 3.12. The fourth-order valence-electron chi connectivity index (χ4n) is 2.24. The van der Waals surface area contributed by atoms with E-state index in [0.717, 1.165) is 0 Å². The summed E-state index contributed by atoms with van der Waals surface area (Å²) >= 11 is 12.2. The third-order valence-corrected chi connectivity index (χ3v) is 3.78. The number of hydrogen-bond donors (Lipinski definition) is 0. The molecule has 1 aromatic carbocycles. The normalized spacial score (nSPS) is 18.1. The summed E-state index contributed by atoms with van der Waals surface area (Å²) in [6, 6.07) is 4.73. The Bertz CT molecular complexity index is 466. The van der Waals surface area contributed by atoms with Crippen LogP contribution < -0.4 is 0 Å². The summed E-state index contributed by atoms with van der Waals surface area (Å²) in [5.74, 6) is -0.315. The van der Waals surface area contributed by atoms with E-state index >= 15 is 0 Å². The van der Waals surface area contributed by atoms with E-state index in [4.69, 9.17) is 23.2 Å². The molecule has 2 rings (SSSR count). The number of likely N-dealkylation sites (tertiary alicyclic amines) is 1. The van der Waals surface area contributed by atoms with Crippen LogP contribution in [-0.4, -0.2) is 16.7 Å². The van der Waals surface area contributed by atoms with Crippen molar-refractivity contribution >= 4 is 35.0 Å². The third kappa shape index (κ3) is 2.38. The van der Waals surface area contributed by atoms with Gasteiger partial charge in [0.2, 0.25) is 11.8 Å². The molecule has 1 heterocycles. The predicted octanol–water partition coefficient (Wildman–Crippen LogP) is 3.59. The largest absolute Gasteiger partial charge is 0.275 e. The highest BCUT2D eigenvalue weighted by Crippen LogP contribution is 2.35. The molecule has 5 heteroatoms. The van der Waals surface area contributed by atoms with Gasteiger partial charge in [-0.25, -0.2) is 0 Å². The van der Waals surface area contributed by atoms with Gasteiger partial charge in [0.05, 0.1) is 6.04 Å². The molecule has 0 radical (unpaired) electrons. The van der Waals surface area contributed by atoms with Crippen molar-refractivity contribution < 1.29 is 9.59 Å². The highest BCUT2D eigenvalue weighted by atomic mass is 35.5. The summed E-state index contributed by atoms with van der Waals surface area (Å²) in [7, 11) is 0. The average Bonchev–Trinajstić information content (AvgIpc) is 2.28. The van der Waals surface area contributed by atoms with Gasteiger partial charge < -0.3 is 0 Å². The molecule has 0 spiro atoms. The molecule has 18 heavy (non-hydrogen) atoms. The van der Waals surface area contributed by atoms with Crippen LogP contribution in [0.2, 0.25) is 10.0 Å². The molecule has 3 nitrogen and oxygen atoms in total. The maximum atomic E-state index is 11.9. The maximum Gasteiger partial charge on any atom is 0.229 e. The Kier molecular flexibility index (Phi) is 3.93. The minimum Gasteiger partial charge on any atom is -0.275 e. The summed E-state index contributed by atoms with van der Waals surface area (Å²) in [4.78, 5) is 25.0. The van der Waals surface area contributed by atoms with Crippen molar-refractivity contribution in [1.82, 2.24) is 4.90 Å². The lowest BCUT2D eigenvalue weighted by Crippen LogP contribution is -2.41. The zero-order valence-corrected chi connectivity index (χ0v) is 11.5. The van der Waals surface area contributed by atoms with Crippen LogP contribution in [0.15, 0.2) is 18.2 Å². The van der Waals surface area contributed by atoms with Gasteiger partial charge in [-0.15, -0.1) is 0 Å². The number of amides is 2. The SMILES string of the molecule is C[C@@H](c1c(Cl)cccc1Cl)N1C(=O)CCCC1=O. The van der Waals surface area contributed by atoms with Crippen LogP contribution in [0.5, 0.6) is 0 Å². The van der Waals surface area contributed by atoms with Crippen LogP contribution in [0.25, 0.3) is 0 Å². The molecule has 0 bridgehead atoms. The number of hydrogen-bond acceptors (Lipinski definition) is 2. The van der Waals surface area contributed by atoms with E-state index in [1.807, 2.05) is 0 Å². The zero-order chi connectivity index (χ0) is 13.3. The fourth-order valence-corrected chi connectivity index (χ4v) is 2.95. The van der Waals surface area contributed by atoms with Gasteiger partial charge in [0.25, 0.3) is 0 Å². The summed E-state index contributed by atoms with van der Waals surface area (Å²) in [6.07, 6.45) is 1.42. The van der Waals surface area contributed by atoms with E-state index in [0.29, 0.717) is 34.9 Å². The van der Waals surface area contributed by atoms with Crippen LogP contribution >= 0.6 is 23.2 Å². The first kappa shape index (κ1) is 13.4. The molecule has 1 aliphatic rings. The van der Waals surface area contributed by atoms with Gasteiger partial charge in [-0.05, 0) is 25.5 Å². The number of imide groups is 1. The van der Waals surface area contributed by atoms with Crippen molar-refractivity contribution in [2.45, 2.75) is 32.2 Å². The highest BCUT2D eigenvalue weighted by Gasteiger charge is 2.32. The van der Waals surface area contributed by atoms with Gasteiger partial charge in [-0.1, -0.05) is 29.3 Å². The van der Waals surface area contributed by atoms with Gasteiger partial charge >= 0.3 is 0 Å². The number of nitrogens with zero attached hydrogens (tertiary/aromatic N) is 1. The summed E-state index contributed by atoms with van der Waals surface area (Å²) in [6.45, 7) is 1.77. The number of carbonyl (C=O) groups excluding carboxylic acids is 2. The molecule has 96 valence electrons. The molecule has 1 saturated heterocycles. The van der Waals surface area contributed by atoms with Crippen molar-refractivity contribution in [2.75, 3.05) is 0 Å². The number of rotatable bonds is 2. The Hall–Kier alpha value is -1.06. The fraction of sp³-hybridized carbons (Fsp3) is 0.385. The van der Waals surface area contributed by atoms with E-state index < -0.39 is 6.04 Å². The van der Waals surface area contributed by atoms with Crippen molar-refractivity contribution in [3.63, 3.8) is 0 Å². The minimum absolute atomic E-state index is 0.158. The second-order valence-corrected chi connectivity index (χ2v) is 5.14. The summed E-state index contributed by atoms with van der Waals surface area (Å²) in [5.41, 5.74) is 0.629. The molecule has 0 unspecified atom stereocenters. The number of carbonyl (C=O) groups is 2. The maximum absolute atomic E-state index is 11.9. The van der Waals surface area contributed by atoms with Crippen molar-refractivity contribution in [3.8, 4) is 0 Å². The van der Waals surface area contributed by atoms with Crippen molar-refractivity contribution in [3.05, 3.63) is 33.8 Å². The highest BCUT2D eigenvalue weighted by molar-refractivity contribution is 6.36. The molecule has 0 aliphatic carbocycles. The van der Waals surface area contributed by atoms with Gasteiger partial charge in [-0.3, -0.25) is 14.5 Å². The molecule has 0 N–H and O–H groups in total. The molecule has 2 amide bonds. The van der Waals surface area contributed by atoms with E-state index in [1.165, 1.54) is 4.90 Å². The molecule has 1 fully saturated rings. The molecule has 1 atom stereocenters. The lowest BCUT2D eigenvalue weighted by atomic mass is 10.0. The Morgan fingerprint density at radius 3 is 2.11 bits per heavy atom. The molecule has 1 aliphatic heterocycles. The van der Waals surface area contributed by atoms with Gasteiger partial charge in [0, 0.05) is 28.5 Å². The summed E-state index contributed by atoms with van der Waals surface area (Å²) < 4.78 is 0. The predicted molar refractivity (Wildman–Crippen MR) is 70.6 cm³/mol. The topological polar surface area (TPSA) is 37.4 Å². The first-order valence-corrected chi connectivity index (χ1v) is 6.56. The second-order valence-electron chi connectivity index (χ2n) is 4.32. The quantitative estimate of drug-likeness (QED) is 0.779. The van der Waals surface area contributed by atoms with E-state index in [9.17, 15) is 9.59 Å². The minimum atomic E-state index is -0.425. The van der Waals surface area contributed by atoms with Gasteiger partial charge in [-0.2, -0.15) is 0 Å². The average molecular weight is 286 g/mol. The van der Waals surface area contributed by atoms with Crippen LogP contribution in [0.4, 0.5) is 0 Å². The van der Waals surface area contributed by atoms with Crippen LogP contribution in [0.1, 0.15) is 37.8 Å². The number of piperidine rings is 1. The molecule has 0 saturated carbocycles. The van der Waals surface area contributed by atoms with E-state index in [2.05, 4.69) is 0 Å². The Morgan fingerprint density at radius 1 is 1.11 bits per heavy atom. The monoisotopic (exact) mass is 285 g/mol. The number of halogens is 2. The Labute approximate surface area is 116 Å². The molecular weight excluding hydrogens is 273 g/mol. The first-order chi connectivity index (χ1) is 8.52. The molecule has 1 aromatic rings. The lowest BCUT2D eigenvalue weighted by molar-refractivity contribution is -0.150. The Morgan fingerprint density at radius 2 is 1.61 bits per heavy atom. The Balaban J connectivity index is 2.38. The standard InChI is InChI=1S/C13H13Cl2NO2/c1-8(13-9(14)4-2-5-10(13)15)16-11(17)6-3-7-12(16)18/h2,4-5,8H,3,6-7H2,1H3/t8-/m0/s1. The van der Waals surface area contributed by atoms with Crippen molar-refractivity contribution in [2.24, 2.45) is 0 Å². The van der Waals surface area contributed by atoms with Crippen molar-refractivity contribution in [1.29, 1.82) is 0 Å². The molecule has 0 aromatic heterocycles. The number of benzene rings is 1.